The third-order valence-corrected chi connectivity index (χ3v) is 6.01. The molecule has 0 aliphatic rings. The predicted octanol–water partition coefficient (Wildman–Crippen LogP) is 7.82. The van der Waals surface area contributed by atoms with Crippen LogP contribution >= 0.6 is 0 Å². The topological polar surface area (TPSA) is 52.6 Å². The van der Waals surface area contributed by atoms with Crippen molar-refractivity contribution in [3.8, 4) is 11.5 Å². The summed E-state index contributed by atoms with van der Waals surface area (Å²) in [6.07, 6.45) is 0. The minimum absolute atomic E-state index is 0.0225. The highest BCUT2D eigenvalue weighted by molar-refractivity contribution is 6.06. The molecular weight excluding hydrogens is 590 g/mol. The average Bonchev–Trinajstić information content (AvgIpc) is 2.97. The number of fused-ring (bicyclic) bond motifs is 2. The average molecular weight is 598 g/mol. The van der Waals surface area contributed by atoms with Crippen molar-refractivity contribution in [2.75, 3.05) is 0 Å². The van der Waals surface area contributed by atoms with Crippen LogP contribution < -0.4 is 9.47 Å². The zero-order valence-electron chi connectivity index (χ0n) is 20.0. The summed E-state index contributed by atoms with van der Waals surface area (Å²) in [4.78, 5) is 25.0. The summed E-state index contributed by atoms with van der Waals surface area (Å²) in [5, 5.41) is -2.79. The molecule has 0 aliphatic heterocycles. The molecule has 0 saturated heterocycles. The van der Waals surface area contributed by atoms with Crippen LogP contribution in [0.4, 0.5) is 43.9 Å². The van der Waals surface area contributed by atoms with E-state index in [1.807, 2.05) is 0 Å². The third kappa shape index (κ3) is 4.44. The summed E-state index contributed by atoms with van der Waals surface area (Å²) in [6, 6.07) is 5.85. The summed E-state index contributed by atoms with van der Waals surface area (Å²) in [7, 11) is 0. The minimum Gasteiger partial charge on any atom is -0.422 e. The molecule has 5 aromatic carbocycles. The predicted molar refractivity (Wildman–Crippen MR) is 124 cm³/mol. The Balaban J connectivity index is 1.65. The fourth-order valence-electron chi connectivity index (χ4n) is 4.07. The first-order chi connectivity index (χ1) is 19.8. The lowest BCUT2D eigenvalue weighted by Gasteiger charge is -2.15. The van der Waals surface area contributed by atoms with Gasteiger partial charge in [-0.15, -0.1) is 0 Å². The highest BCUT2D eigenvalue weighted by Crippen LogP contribution is 2.40. The van der Waals surface area contributed by atoms with Gasteiger partial charge >= 0.3 is 11.9 Å². The van der Waals surface area contributed by atoms with Crippen LogP contribution in [0.15, 0.2) is 48.5 Å². The van der Waals surface area contributed by atoms with E-state index in [-0.39, 0.29) is 12.1 Å². The van der Waals surface area contributed by atoms with Gasteiger partial charge in [-0.25, -0.2) is 53.5 Å². The molecule has 0 fully saturated rings. The van der Waals surface area contributed by atoms with E-state index in [9.17, 15) is 44.7 Å². The molecule has 214 valence electrons. The normalized spacial score (nSPS) is 11.3. The van der Waals surface area contributed by atoms with E-state index in [0.717, 1.165) is 36.4 Å². The molecular formula is C28H8F10O4. The van der Waals surface area contributed by atoms with E-state index in [4.69, 9.17) is 9.47 Å². The van der Waals surface area contributed by atoms with Crippen LogP contribution in [0.3, 0.4) is 0 Å². The van der Waals surface area contributed by atoms with Crippen LogP contribution in [0.1, 0.15) is 20.7 Å². The van der Waals surface area contributed by atoms with E-state index in [2.05, 4.69) is 0 Å². The van der Waals surface area contributed by atoms with Gasteiger partial charge in [0.1, 0.15) is 34.3 Å². The van der Waals surface area contributed by atoms with Crippen molar-refractivity contribution in [3.05, 3.63) is 118 Å². The van der Waals surface area contributed by atoms with Crippen LogP contribution in [-0.4, -0.2) is 11.9 Å². The van der Waals surface area contributed by atoms with Gasteiger partial charge in [0.25, 0.3) is 0 Å². The van der Waals surface area contributed by atoms with Crippen molar-refractivity contribution < 1.29 is 63.0 Å². The highest BCUT2D eigenvalue weighted by atomic mass is 19.2. The zero-order chi connectivity index (χ0) is 30.6. The van der Waals surface area contributed by atoms with E-state index < -0.39 is 114 Å². The van der Waals surface area contributed by atoms with Gasteiger partial charge in [0, 0.05) is 10.8 Å². The van der Waals surface area contributed by atoms with Gasteiger partial charge < -0.3 is 9.47 Å². The van der Waals surface area contributed by atoms with Crippen molar-refractivity contribution in [2.45, 2.75) is 0 Å². The van der Waals surface area contributed by atoms with Gasteiger partial charge in [-0.3, -0.25) is 0 Å². The lowest BCUT2D eigenvalue weighted by molar-refractivity contribution is 0.0720. The first kappa shape index (κ1) is 28.4. The molecule has 0 aromatic heterocycles. The summed E-state index contributed by atoms with van der Waals surface area (Å²) in [6.45, 7) is 0. The molecule has 0 amide bonds. The van der Waals surface area contributed by atoms with Gasteiger partial charge in [-0.05, 0) is 24.3 Å². The molecule has 5 rings (SSSR count). The Morgan fingerprint density at radius 2 is 0.833 bits per heavy atom. The van der Waals surface area contributed by atoms with Crippen LogP contribution in [0.25, 0.3) is 21.5 Å². The van der Waals surface area contributed by atoms with Gasteiger partial charge in [0.05, 0.1) is 10.8 Å². The number of rotatable bonds is 4. The standard InChI is InChI=1S/C28H8F10O4/c29-13-7-11(20(32)25(37)22(13)34)27(39)41-15-5-1-3-9-17(15)24(36)18-10(19(9)31)4-2-6-16(18)42-28(40)12-8-14(30)23(35)26(38)21(12)33/h1-8H. The minimum atomic E-state index is -2.34. The van der Waals surface area contributed by atoms with Crippen molar-refractivity contribution in [2.24, 2.45) is 0 Å². The smallest absolute Gasteiger partial charge is 0.346 e. The van der Waals surface area contributed by atoms with Crippen LogP contribution in [0.2, 0.25) is 0 Å². The molecule has 0 radical (unpaired) electrons. The Hall–Kier alpha value is -5.14. The van der Waals surface area contributed by atoms with E-state index >= 15 is 8.78 Å². The molecule has 0 aliphatic carbocycles. The molecule has 0 atom stereocenters. The van der Waals surface area contributed by atoms with Gasteiger partial charge in [0.15, 0.2) is 46.5 Å². The molecule has 0 heterocycles. The van der Waals surface area contributed by atoms with Crippen LogP contribution in [0.5, 0.6) is 11.5 Å². The van der Waals surface area contributed by atoms with Crippen LogP contribution in [-0.2, 0) is 0 Å². The summed E-state index contributed by atoms with van der Waals surface area (Å²) >= 11 is 0. The molecule has 0 saturated carbocycles. The molecule has 5 aromatic rings. The summed E-state index contributed by atoms with van der Waals surface area (Å²) in [5.41, 5.74) is -2.86. The SMILES string of the molecule is O=C(Oc1cccc2c(F)c3cccc(OC(=O)c4cc(F)c(F)c(F)c4F)c3c(F)c12)c1cc(F)c(F)c(F)c1F. The number of halogens is 10. The Morgan fingerprint density at radius 3 is 1.21 bits per heavy atom. The van der Waals surface area contributed by atoms with Crippen LogP contribution in [0, 0.1) is 58.2 Å². The number of carbonyl (C=O) groups excluding carboxylic acids is 2. The molecule has 0 N–H and O–H groups in total. The second-order valence-corrected chi connectivity index (χ2v) is 8.46. The molecule has 4 nitrogen and oxygen atoms in total. The van der Waals surface area contributed by atoms with Crippen molar-refractivity contribution in [1.82, 2.24) is 0 Å². The van der Waals surface area contributed by atoms with Crippen molar-refractivity contribution in [1.29, 1.82) is 0 Å². The molecule has 0 unspecified atom stereocenters. The molecule has 0 bridgehead atoms. The molecule has 0 spiro atoms. The first-order valence-electron chi connectivity index (χ1n) is 11.3. The quantitative estimate of drug-likeness (QED) is 0.0529. The monoisotopic (exact) mass is 598 g/mol. The maximum absolute atomic E-state index is 16.0. The number of hydrogen-bond acceptors (Lipinski definition) is 4. The number of carbonyl (C=O) groups is 2. The van der Waals surface area contributed by atoms with Gasteiger partial charge in [0.2, 0.25) is 0 Å². The van der Waals surface area contributed by atoms with E-state index in [0.29, 0.717) is 0 Å². The fraction of sp³-hybridized carbons (Fsp3) is 0. The largest absolute Gasteiger partial charge is 0.422 e. The zero-order valence-corrected chi connectivity index (χ0v) is 20.0. The second-order valence-electron chi connectivity index (χ2n) is 8.46. The van der Waals surface area contributed by atoms with Gasteiger partial charge in [-0.1, -0.05) is 24.3 Å². The highest BCUT2D eigenvalue weighted by Gasteiger charge is 2.28. The van der Waals surface area contributed by atoms with Gasteiger partial charge in [-0.2, -0.15) is 0 Å². The summed E-state index contributed by atoms with van der Waals surface area (Å²) in [5.74, 6) is -25.3. The Morgan fingerprint density at radius 1 is 0.452 bits per heavy atom. The molecule has 14 heteroatoms. The second kappa shape index (κ2) is 10.4. The third-order valence-electron chi connectivity index (χ3n) is 6.01. The first-order valence-corrected chi connectivity index (χ1v) is 11.3. The lowest BCUT2D eigenvalue weighted by atomic mass is 10.00. The fourth-order valence-corrected chi connectivity index (χ4v) is 4.07. The Kier molecular flexibility index (Phi) is 7.00. The van der Waals surface area contributed by atoms with E-state index in [1.165, 1.54) is 0 Å². The number of hydrogen-bond donors (Lipinski definition) is 0. The number of ether oxygens (including phenoxy) is 2. The molecule has 42 heavy (non-hydrogen) atoms. The Labute approximate surface area is 226 Å². The van der Waals surface area contributed by atoms with E-state index in [1.54, 1.807) is 0 Å². The summed E-state index contributed by atoms with van der Waals surface area (Å²) < 4.78 is 150. The lowest BCUT2D eigenvalue weighted by Crippen LogP contribution is -2.15. The maximum atomic E-state index is 16.0. The Bertz CT molecular complexity index is 1850. The number of benzene rings is 5. The number of esters is 2. The maximum Gasteiger partial charge on any atom is 0.346 e. The van der Waals surface area contributed by atoms with Crippen molar-refractivity contribution in [3.63, 3.8) is 0 Å². The van der Waals surface area contributed by atoms with Crippen molar-refractivity contribution >= 4 is 33.5 Å².